The monoisotopic (exact) mass is 349 g/mol. The summed E-state index contributed by atoms with van der Waals surface area (Å²) in [4.78, 5) is 16.1. The minimum Gasteiger partial charge on any atom is -0.476 e. The molecule has 0 bridgehead atoms. The van der Waals surface area contributed by atoms with Crippen LogP contribution in [0.4, 0.5) is 29.3 Å². The molecule has 2 amide bonds. The first-order valence-electron chi connectivity index (χ1n) is 7.45. The number of benzene rings is 2. The van der Waals surface area contributed by atoms with Gasteiger partial charge < -0.3 is 15.4 Å². The van der Waals surface area contributed by atoms with Gasteiger partial charge in [-0.15, -0.1) is 0 Å². The number of urea groups is 1. The lowest BCUT2D eigenvalue weighted by Crippen LogP contribution is -2.19. The minimum absolute atomic E-state index is 0.260. The number of anilines is 2. The summed E-state index contributed by atoms with van der Waals surface area (Å²) in [5.74, 6) is 0.570. The van der Waals surface area contributed by atoms with Crippen molar-refractivity contribution in [2.75, 3.05) is 23.8 Å². The average Bonchev–Trinajstić information content (AvgIpc) is 3.09. The van der Waals surface area contributed by atoms with Crippen LogP contribution in [-0.2, 0) is 10.9 Å². The zero-order chi connectivity index (χ0) is 17.9. The highest BCUT2D eigenvalue weighted by molar-refractivity contribution is 6.00. The standard InChI is InChI=1S/C17H14F3N3O2/c18-17(19,20)12-3-7-14(8-4-12)23-16(24)22-13-5-1-11(2-6-13)15-21-9-10-25-15/h1-8H,9-10H2,(H2,22,23,24). The number of rotatable bonds is 3. The first kappa shape index (κ1) is 16.8. The third-order valence-corrected chi connectivity index (χ3v) is 3.45. The third-order valence-electron chi connectivity index (χ3n) is 3.45. The van der Waals surface area contributed by atoms with E-state index in [0.29, 0.717) is 24.7 Å². The van der Waals surface area contributed by atoms with Crippen molar-refractivity contribution >= 4 is 23.3 Å². The van der Waals surface area contributed by atoms with Gasteiger partial charge in [0, 0.05) is 16.9 Å². The maximum atomic E-state index is 12.5. The van der Waals surface area contributed by atoms with Crippen LogP contribution in [0.5, 0.6) is 0 Å². The average molecular weight is 349 g/mol. The predicted molar refractivity (Wildman–Crippen MR) is 87.9 cm³/mol. The fourth-order valence-corrected chi connectivity index (χ4v) is 2.24. The Morgan fingerprint density at radius 3 is 2.00 bits per heavy atom. The van der Waals surface area contributed by atoms with Crippen LogP contribution in [-0.4, -0.2) is 25.1 Å². The highest BCUT2D eigenvalue weighted by Gasteiger charge is 2.29. The van der Waals surface area contributed by atoms with Crippen molar-refractivity contribution < 1.29 is 22.7 Å². The number of carbonyl (C=O) groups excluding carboxylic acids is 1. The second kappa shape index (κ2) is 6.84. The summed E-state index contributed by atoms with van der Waals surface area (Å²) in [6.45, 7) is 1.19. The topological polar surface area (TPSA) is 62.7 Å². The Balaban J connectivity index is 1.59. The summed E-state index contributed by atoms with van der Waals surface area (Å²) in [6.07, 6.45) is -4.41. The van der Waals surface area contributed by atoms with E-state index < -0.39 is 17.8 Å². The molecule has 0 aliphatic carbocycles. The smallest absolute Gasteiger partial charge is 0.416 e. The molecular weight excluding hydrogens is 335 g/mol. The van der Waals surface area contributed by atoms with Gasteiger partial charge in [0.05, 0.1) is 12.1 Å². The van der Waals surface area contributed by atoms with E-state index in [9.17, 15) is 18.0 Å². The van der Waals surface area contributed by atoms with Crippen molar-refractivity contribution in [3.8, 4) is 0 Å². The molecule has 1 heterocycles. The Morgan fingerprint density at radius 2 is 1.52 bits per heavy atom. The lowest BCUT2D eigenvalue weighted by atomic mass is 10.2. The Bertz CT molecular complexity index is 784. The number of hydrogen-bond donors (Lipinski definition) is 2. The second-order valence-electron chi connectivity index (χ2n) is 5.27. The number of amides is 2. The zero-order valence-electron chi connectivity index (χ0n) is 12.9. The van der Waals surface area contributed by atoms with E-state index in [0.717, 1.165) is 17.7 Å². The van der Waals surface area contributed by atoms with Crippen molar-refractivity contribution in [3.05, 3.63) is 59.7 Å². The maximum Gasteiger partial charge on any atom is 0.416 e. The number of carbonyl (C=O) groups is 1. The van der Waals surface area contributed by atoms with Crippen LogP contribution in [0, 0.1) is 0 Å². The molecule has 25 heavy (non-hydrogen) atoms. The van der Waals surface area contributed by atoms with Crippen LogP contribution in [0.3, 0.4) is 0 Å². The van der Waals surface area contributed by atoms with Crippen molar-refractivity contribution in [1.29, 1.82) is 0 Å². The van der Waals surface area contributed by atoms with Crippen molar-refractivity contribution in [1.82, 2.24) is 0 Å². The molecular formula is C17H14F3N3O2. The second-order valence-corrected chi connectivity index (χ2v) is 5.27. The van der Waals surface area contributed by atoms with Gasteiger partial charge >= 0.3 is 12.2 Å². The number of alkyl halides is 3. The van der Waals surface area contributed by atoms with E-state index in [-0.39, 0.29) is 5.69 Å². The molecule has 2 aromatic carbocycles. The molecule has 0 saturated carbocycles. The number of nitrogens with one attached hydrogen (secondary N) is 2. The summed E-state index contributed by atoms with van der Waals surface area (Å²) < 4.78 is 42.8. The van der Waals surface area contributed by atoms with Crippen LogP contribution in [0.25, 0.3) is 0 Å². The Kier molecular flexibility index (Phi) is 4.60. The minimum atomic E-state index is -4.41. The van der Waals surface area contributed by atoms with Crippen LogP contribution in [0.1, 0.15) is 11.1 Å². The van der Waals surface area contributed by atoms with Crippen molar-refractivity contribution in [3.63, 3.8) is 0 Å². The number of hydrogen-bond acceptors (Lipinski definition) is 3. The highest BCUT2D eigenvalue weighted by atomic mass is 19.4. The van der Waals surface area contributed by atoms with Crippen LogP contribution >= 0.6 is 0 Å². The van der Waals surface area contributed by atoms with Gasteiger partial charge in [0.15, 0.2) is 0 Å². The fourth-order valence-electron chi connectivity index (χ4n) is 2.24. The molecule has 1 aliphatic rings. The number of halogens is 3. The van der Waals surface area contributed by atoms with Gasteiger partial charge in [0.2, 0.25) is 5.90 Å². The lowest BCUT2D eigenvalue weighted by molar-refractivity contribution is -0.137. The molecule has 0 aromatic heterocycles. The molecule has 0 spiro atoms. The van der Waals surface area contributed by atoms with Crippen LogP contribution in [0.15, 0.2) is 53.5 Å². The molecule has 0 atom stereocenters. The van der Waals surface area contributed by atoms with Crippen LogP contribution in [0.2, 0.25) is 0 Å². The molecule has 0 fully saturated rings. The molecule has 2 N–H and O–H groups in total. The van der Waals surface area contributed by atoms with Gasteiger partial charge in [-0.3, -0.25) is 0 Å². The first-order chi connectivity index (χ1) is 11.9. The molecule has 8 heteroatoms. The van der Waals surface area contributed by atoms with Crippen molar-refractivity contribution in [2.24, 2.45) is 4.99 Å². The van der Waals surface area contributed by atoms with E-state index in [1.54, 1.807) is 24.3 Å². The summed E-state index contributed by atoms with van der Waals surface area (Å²) in [5, 5.41) is 5.07. The first-order valence-corrected chi connectivity index (χ1v) is 7.45. The Morgan fingerprint density at radius 1 is 0.960 bits per heavy atom. The molecule has 130 valence electrons. The molecule has 3 rings (SSSR count). The predicted octanol–water partition coefficient (Wildman–Crippen LogP) is 4.13. The molecule has 0 radical (unpaired) electrons. The van der Waals surface area contributed by atoms with Gasteiger partial charge in [-0.05, 0) is 48.5 Å². The lowest BCUT2D eigenvalue weighted by Gasteiger charge is -2.10. The third kappa shape index (κ3) is 4.28. The summed E-state index contributed by atoms with van der Waals surface area (Å²) in [7, 11) is 0. The summed E-state index contributed by atoms with van der Waals surface area (Å²) >= 11 is 0. The van der Waals surface area contributed by atoms with E-state index in [1.807, 2.05) is 0 Å². The van der Waals surface area contributed by atoms with E-state index in [2.05, 4.69) is 15.6 Å². The molecule has 2 aromatic rings. The van der Waals surface area contributed by atoms with E-state index in [4.69, 9.17) is 4.74 Å². The summed E-state index contributed by atoms with van der Waals surface area (Å²) in [5.41, 5.74) is 0.833. The van der Waals surface area contributed by atoms with Gasteiger partial charge in [-0.25, -0.2) is 9.79 Å². The van der Waals surface area contributed by atoms with Gasteiger partial charge in [0.1, 0.15) is 6.61 Å². The molecule has 0 unspecified atom stereocenters. The maximum absolute atomic E-state index is 12.5. The summed E-state index contributed by atoms with van der Waals surface area (Å²) in [6, 6.07) is 10.6. The number of ether oxygens (including phenoxy) is 1. The molecule has 0 saturated heterocycles. The number of nitrogens with zero attached hydrogens (tertiary/aromatic N) is 1. The quantitative estimate of drug-likeness (QED) is 0.875. The fraction of sp³-hybridized carbons (Fsp3) is 0.176. The Hall–Kier alpha value is -3.03. The largest absolute Gasteiger partial charge is 0.476 e. The Labute approximate surface area is 141 Å². The molecule has 1 aliphatic heterocycles. The van der Waals surface area contributed by atoms with E-state index >= 15 is 0 Å². The van der Waals surface area contributed by atoms with Gasteiger partial charge in [-0.1, -0.05) is 0 Å². The zero-order valence-corrected chi connectivity index (χ0v) is 12.9. The number of aliphatic imine (C=N–C) groups is 1. The molecule has 5 nitrogen and oxygen atoms in total. The van der Waals surface area contributed by atoms with Crippen LogP contribution < -0.4 is 10.6 Å². The normalized spacial score (nSPS) is 13.8. The highest BCUT2D eigenvalue weighted by Crippen LogP contribution is 2.29. The van der Waals surface area contributed by atoms with Gasteiger partial charge in [-0.2, -0.15) is 13.2 Å². The van der Waals surface area contributed by atoms with Gasteiger partial charge in [0.25, 0.3) is 0 Å². The van der Waals surface area contributed by atoms with E-state index in [1.165, 1.54) is 12.1 Å². The SMILES string of the molecule is O=C(Nc1ccc(C2=NCCO2)cc1)Nc1ccc(C(F)(F)F)cc1. The van der Waals surface area contributed by atoms with Crippen molar-refractivity contribution in [2.45, 2.75) is 6.18 Å².